The van der Waals surface area contributed by atoms with Crippen molar-refractivity contribution in [2.75, 3.05) is 12.9 Å². The van der Waals surface area contributed by atoms with Crippen LogP contribution in [0.15, 0.2) is 48.5 Å². The molecule has 0 radical (unpaired) electrons. The molecule has 0 heterocycles. The summed E-state index contributed by atoms with van der Waals surface area (Å²) in [5.41, 5.74) is 2.04. The summed E-state index contributed by atoms with van der Waals surface area (Å²) in [5.74, 6) is 1.57. The second kappa shape index (κ2) is 11.9. The third-order valence-corrected chi connectivity index (χ3v) is 5.76. The Hall–Kier alpha value is -2.18. The topological polar surface area (TPSA) is 58.6 Å². The van der Waals surface area contributed by atoms with E-state index < -0.39 is 6.04 Å². The van der Waals surface area contributed by atoms with Crippen molar-refractivity contribution in [2.24, 2.45) is 0 Å². The van der Waals surface area contributed by atoms with Crippen molar-refractivity contribution in [1.29, 1.82) is 0 Å². The van der Waals surface area contributed by atoms with E-state index in [2.05, 4.69) is 5.32 Å². The monoisotopic (exact) mass is 448 g/mol. The van der Waals surface area contributed by atoms with Crippen LogP contribution in [0, 0.1) is 0 Å². The second-order valence-corrected chi connectivity index (χ2v) is 8.75. The van der Waals surface area contributed by atoms with Crippen LogP contribution in [0.3, 0.4) is 0 Å². The largest absolute Gasteiger partial charge is 0.497 e. The van der Waals surface area contributed by atoms with E-state index in [1.807, 2.05) is 50.2 Å². The van der Waals surface area contributed by atoms with Gasteiger partial charge in [-0.25, -0.2) is 0 Å². The molecule has 30 heavy (non-hydrogen) atoms. The first-order valence-corrected chi connectivity index (χ1v) is 11.4. The highest BCUT2D eigenvalue weighted by Gasteiger charge is 2.26. The van der Waals surface area contributed by atoms with Gasteiger partial charge in [0.15, 0.2) is 0 Å². The Kier molecular flexibility index (Phi) is 9.53. The van der Waals surface area contributed by atoms with Crippen LogP contribution in [0.1, 0.15) is 31.9 Å². The fourth-order valence-corrected chi connectivity index (χ4v) is 3.83. The van der Waals surface area contributed by atoms with Gasteiger partial charge in [0.25, 0.3) is 0 Å². The number of methoxy groups -OCH3 is 1. The molecule has 0 saturated carbocycles. The van der Waals surface area contributed by atoms with Crippen molar-refractivity contribution in [1.82, 2.24) is 10.2 Å². The molecule has 1 N–H and O–H groups in total. The molecule has 0 spiro atoms. The standard InChI is InChI=1S/C23H29ClN2O3S/c1-16(2)25-23(28)17(3)26(13-18-5-9-20(24)10-6-18)22(27)15-30-14-19-7-11-21(29-4)12-8-19/h5-12,16-17H,13-15H2,1-4H3,(H,25,28)/t17-/m0/s1. The molecule has 2 rings (SSSR count). The molecule has 0 aliphatic rings. The fraction of sp³-hybridized carbons (Fsp3) is 0.391. The van der Waals surface area contributed by atoms with Gasteiger partial charge in [-0.3, -0.25) is 9.59 Å². The summed E-state index contributed by atoms with van der Waals surface area (Å²) >= 11 is 7.50. The van der Waals surface area contributed by atoms with E-state index in [0.29, 0.717) is 23.1 Å². The van der Waals surface area contributed by atoms with Crippen LogP contribution < -0.4 is 10.1 Å². The highest BCUT2D eigenvalue weighted by molar-refractivity contribution is 7.99. The number of benzene rings is 2. The molecule has 2 aromatic carbocycles. The molecule has 0 saturated heterocycles. The van der Waals surface area contributed by atoms with E-state index in [1.54, 1.807) is 31.1 Å². The first-order valence-electron chi connectivity index (χ1n) is 9.85. The van der Waals surface area contributed by atoms with E-state index in [9.17, 15) is 9.59 Å². The first kappa shape index (κ1) is 24.1. The minimum absolute atomic E-state index is 0.0110. The average Bonchev–Trinajstić information content (AvgIpc) is 2.72. The number of nitrogens with one attached hydrogen (secondary N) is 1. The molecular weight excluding hydrogens is 420 g/mol. The Morgan fingerprint density at radius 3 is 2.20 bits per heavy atom. The fourth-order valence-electron chi connectivity index (χ4n) is 2.84. The highest BCUT2D eigenvalue weighted by Crippen LogP contribution is 2.19. The number of nitrogens with zero attached hydrogens (tertiary/aromatic N) is 1. The van der Waals surface area contributed by atoms with Gasteiger partial charge in [-0.1, -0.05) is 35.9 Å². The Bertz CT molecular complexity index is 825. The second-order valence-electron chi connectivity index (χ2n) is 7.33. The van der Waals surface area contributed by atoms with E-state index in [-0.39, 0.29) is 17.9 Å². The van der Waals surface area contributed by atoms with E-state index in [4.69, 9.17) is 16.3 Å². The average molecular weight is 449 g/mol. The summed E-state index contributed by atoms with van der Waals surface area (Å²) in [5, 5.41) is 3.53. The van der Waals surface area contributed by atoms with Gasteiger partial charge in [-0.05, 0) is 56.2 Å². The molecule has 2 amide bonds. The Morgan fingerprint density at radius 1 is 1.03 bits per heavy atom. The molecule has 0 unspecified atom stereocenters. The SMILES string of the molecule is COc1ccc(CSCC(=O)N(Cc2ccc(Cl)cc2)[C@@H](C)C(=O)NC(C)C)cc1. The summed E-state index contributed by atoms with van der Waals surface area (Å²) in [6.45, 7) is 5.92. The molecule has 162 valence electrons. The van der Waals surface area contributed by atoms with Gasteiger partial charge in [0, 0.05) is 23.4 Å². The van der Waals surface area contributed by atoms with Gasteiger partial charge in [0.2, 0.25) is 11.8 Å². The zero-order valence-electron chi connectivity index (χ0n) is 17.9. The minimum Gasteiger partial charge on any atom is -0.497 e. The molecule has 0 aliphatic heterocycles. The molecule has 7 heteroatoms. The van der Waals surface area contributed by atoms with Crippen molar-refractivity contribution in [2.45, 2.75) is 45.2 Å². The summed E-state index contributed by atoms with van der Waals surface area (Å²) < 4.78 is 5.17. The number of amides is 2. The zero-order chi connectivity index (χ0) is 22.1. The number of carbonyl (C=O) groups is 2. The summed E-state index contributed by atoms with van der Waals surface area (Å²) in [7, 11) is 1.63. The predicted octanol–water partition coefficient (Wildman–Crippen LogP) is 4.52. The van der Waals surface area contributed by atoms with Crippen LogP contribution in [-0.2, 0) is 21.9 Å². The first-order chi connectivity index (χ1) is 14.3. The lowest BCUT2D eigenvalue weighted by atomic mass is 10.1. The number of hydrogen-bond donors (Lipinski definition) is 1. The van der Waals surface area contributed by atoms with E-state index in [0.717, 1.165) is 16.9 Å². The van der Waals surface area contributed by atoms with Gasteiger partial charge in [0.05, 0.1) is 12.9 Å². The molecule has 1 atom stereocenters. The van der Waals surface area contributed by atoms with Crippen molar-refractivity contribution in [3.8, 4) is 5.75 Å². The Labute approximate surface area is 188 Å². The normalized spacial score (nSPS) is 11.8. The zero-order valence-corrected chi connectivity index (χ0v) is 19.4. The molecule has 0 bridgehead atoms. The Morgan fingerprint density at radius 2 is 1.63 bits per heavy atom. The number of hydrogen-bond acceptors (Lipinski definition) is 4. The van der Waals surface area contributed by atoms with Crippen molar-refractivity contribution in [3.05, 3.63) is 64.7 Å². The highest BCUT2D eigenvalue weighted by atomic mass is 35.5. The van der Waals surface area contributed by atoms with E-state index in [1.165, 1.54) is 11.8 Å². The maximum atomic E-state index is 13.0. The predicted molar refractivity (Wildman–Crippen MR) is 124 cm³/mol. The number of halogens is 1. The van der Waals surface area contributed by atoms with Crippen LogP contribution >= 0.6 is 23.4 Å². The van der Waals surface area contributed by atoms with E-state index >= 15 is 0 Å². The molecule has 0 aromatic heterocycles. The number of rotatable bonds is 10. The maximum absolute atomic E-state index is 13.0. The van der Waals surface area contributed by atoms with Gasteiger partial charge in [-0.2, -0.15) is 0 Å². The minimum atomic E-state index is -0.572. The molecule has 0 aliphatic carbocycles. The molecule has 2 aromatic rings. The van der Waals surface area contributed by atoms with Crippen molar-refractivity contribution < 1.29 is 14.3 Å². The van der Waals surface area contributed by atoms with Crippen LogP contribution in [0.25, 0.3) is 0 Å². The van der Waals surface area contributed by atoms with Gasteiger partial charge < -0.3 is 15.0 Å². The van der Waals surface area contributed by atoms with Crippen LogP contribution in [0.5, 0.6) is 5.75 Å². The summed E-state index contributed by atoms with van der Waals surface area (Å²) in [4.78, 5) is 27.2. The van der Waals surface area contributed by atoms with Crippen molar-refractivity contribution >= 4 is 35.2 Å². The quantitative estimate of drug-likeness (QED) is 0.580. The number of ether oxygens (including phenoxy) is 1. The Balaban J connectivity index is 2.04. The third kappa shape index (κ3) is 7.58. The van der Waals surface area contributed by atoms with Crippen LogP contribution in [-0.4, -0.2) is 41.7 Å². The molecule has 0 fully saturated rings. The molecular formula is C23H29ClN2O3S. The van der Waals surface area contributed by atoms with Crippen LogP contribution in [0.4, 0.5) is 0 Å². The van der Waals surface area contributed by atoms with Crippen LogP contribution in [0.2, 0.25) is 5.02 Å². The van der Waals surface area contributed by atoms with Gasteiger partial charge in [0.1, 0.15) is 11.8 Å². The lowest BCUT2D eigenvalue weighted by Crippen LogP contribution is -2.49. The number of carbonyl (C=O) groups excluding carboxylic acids is 2. The van der Waals surface area contributed by atoms with Gasteiger partial charge >= 0.3 is 0 Å². The van der Waals surface area contributed by atoms with Crippen molar-refractivity contribution in [3.63, 3.8) is 0 Å². The maximum Gasteiger partial charge on any atom is 0.242 e. The summed E-state index contributed by atoms with van der Waals surface area (Å²) in [6.07, 6.45) is 0. The lowest BCUT2D eigenvalue weighted by molar-refractivity contribution is -0.138. The number of thioether (sulfide) groups is 1. The smallest absolute Gasteiger partial charge is 0.242 e. The summed E-state index contributed by atoms with van der Waals surface area (Å²) in [6, 6.07) is 14.6. The third-order valence-electron chi connectivity index (χ3n) is 4.52. The van der Waals surface area contributed by atoms with Gasteiger partial charge in [-0.15, -0.1) is 11.8 Å². The molecule has 5 nitrogen and oxygen atoms in total. The lowest BCUT2D eigenvalue weighted by Gasteiger charge is -2.29.